The summed E-state index contributed by atoms with van der Waals surface area (Å²) in [6, 6.07) is 0. The van der Waals surface area contributed by atoms with Crippen molar-refractivity contribution in [1.82, 2.24) is 0 Å². The van der Waals surface area contributed by atoms with Crippen LogP contribution in [0.5, 0.6) is 0 Å². The number of carbonyl (C=O) groups is 3. The SMILES string of the molecule is CC/C=C\C/C=C\C/C=C\C/C=C\C/C=C\C/C=C\C/C=C\C/C=C\C/C=C\C/C=C\CCCCC(=O)OC(COC(=O)CCCCCCCCC)COC(OCC[N+](C)(C)C)C(=O)[O-]. The number of aliphatic carboxylic acids is 1. The maximum Gasteiger partial charge on any atom is 0.306 e. The number of carbonyl (C=O) groups excluding carboxylic acids is 3. The number of carboxylic acids is 1. The number of hydrogen-bond acceptors (Lipinski definition) is 8. The fraction of sp³-hybridized carbons (Fsp3) is 0.589. The van der Waals surface area contributed by atoms with E-state index in [4.69, 9.17) is 18.9 Å². The average Bonchev–Trinajstić information content (AvgIpc) is 3.27. The van der Waals surface area contributed by atoms with E-state index >= 15 is 0 Å². The Hall–Kier alpha value is -4.31. The lowest BCUT2D eigenvalue weighted by Crippen LogP contribution is -2.44. The zero-order valence-electron chi connectivity index (χ0n) is 41.3. The van der Waals surface area contributed by atoms with Gasteiger partial charge in [-0.05, 0) is 89.9 Å². The fourth-order valence-electron chi connectivity index (χ4n) is 5.91. The van der Waals surface area contributed by atoms with Gasteiger partial charge in [0, 0.05) is 12.8 Å². The standard InChI is InChI=1S/C56H89NO8/c1-6-8-10-12-14-15-16-17-18-19-20-21-22-23-24-25-26-27-28-29-30-31-32-33-34-35-36-37-38-39-41-43-45-47-54(59)65-52(50-63-53(58)46-44-42-40-13-11-9-7-2)51-64-56(55(60)61)62-49-48-57(3,4)5/h8,10,14-15,17-18,20-21,23-24,26-27,29-30,32-33,35-36,38-39,52,56H,6-7,9,11-13,16,19,22,25,28,31,34,37,40-51H2,1-5H3/b10-8-,15-14-,18-17-,21-20-,24-23-,27-26-,30-29-,33-32-,36-35-,39-38-. The van der Waals surface area contributed by atoms with E-state index < -0.39 is 24.3 Å². The number of rotatable bonds is 43. The number of nitrogens with zero attached hydrogens (tertiary/aromatic N) is 1. The quantitative estimate of drug-likeness (QED) is 0.0196. The van der Waals surface area contributed by atoms with Crippen molar-refractivity contribution in [3.63, 3.8) is 0 Å². The lowest BCUT2D eigenvalue weighted by atomic mass is 10.1. The molecule has 9 nitrogen and oxygen atoms in total. The molecule has 0 amide bonds. The maximum atomic E-state index is 12.7. The van der Waals surface area contributed by atoms with Gasteiger partial charge in [0.2, 0.25) is 0 Å². The first-order chi connectivity index (χ1) is 31.6. The second-order valence-electron chi connectivity index (χ2n) is 17.0. The van der Waals surface area contributed by atoms with Crippen LogP contribution in [-0.4, -0.2) is 82.3 Å². The third kappa shape index (κ3) is 47.5. The molecule has 9 heteroatoms. The highest BCUT2D eigenvalue weighted by molar-refractivity contribution is 5.70. The molecule has 0 aromatic heterocycles. The topological polar surface area (TPSA) is 111 Å². The number of carboxylic acid groups (broad SMARTS) is 1. The molecular formula is C56H89NO8. The van der Waals surface area contributed by atoms with Gasteiger partial charge in [-0.2, -0.15) is 0 Å². The van der Waals surface area contributed by atoms with Crippen LogP contribution in [0.4, 0.5) is 0 Å². The van der Waals surface area contributed by atoms with E-state index in [1.807, 2.05) is 21.1 Å². The highest BCUT2D eigenvalue weighted by Crippen LogP contribution is 2.11. The third-order valence-corrected chi connectivity index (χ3v) is 9.72. The summed E-state index contributed by atoms with van der Waals surface area (Å²) in [4.78, 5) is 36.8. The Morgan fingerprint density at radius 1 is 0.477 bits per heavy atom. The fourth-order valence-corrected chi connectivity index (χ4v) is 5.91. The third-order valence-electron chi connectivity index (χ3n) is 9.72. The van der Waals surface area contributed by atoms with Crippen LogP contribution in [0.25, 0.3) is 0 Å². The number of ether oxygens (including phenoxy) is 4. The molecule has 0 aliphatic carbocycles. The van der Waals surface area contributed by atoms with E-state index in [0.29, 0.717) is 17.4 Å². The first-order valence-corrected chi connectivity index (χ1v) is 24.7. The van der Waals surface area contributed by atoms with Gasteiger partial charge in [-0.15, -0.1) is 0 Å². The minimum Gasteiger partial charge on any atom is -0.545 e. The van der Waals surface area contributed by atoms with E-state index in [9.17, 15) is 19.5 Å². The Morgan fingerprint density at radius 3 is 1.31 bits per heavy atom. The molecule has 0 saturated carbocycles. The summed E-state index contributed by atoms with van der Waals surface area (Å²) in [5.41, 5.74) is 0. The summed E-state index contributed by atoms with van der Waals surface area (Å²) < 4.78 is 22.4. The smallest absolute Gasteiger partial charge is 0.306 e. The Labute approximate surface area is 396 Å². The number of esters is 2. The van der Waals surface area contributed by atoms with Crippen molar-refractivity contribution >= 4 is 17.9 Å². The minimum atomic E-state index is -1.64. The zero-order chi connectivity index (χ0) is 47.7. The molecule has 0 spiro atoms. The molecule has 0 fully saturated rings. The molecule has 0 aliphatic heterocycles. The molecule has 366 valence electrons. The molecule has 0 saturated heterocycles. The van der Waals surface area contributed by atoms with Gasteiger partial charge in [0.25, 0.3) is 0 Å². The molecule has 0 heterocycles. The van der Waals surface area contributed by atoms with E-state index in [2.05, 4.69) is 135 Å². The Balaban J connectivity index is 4.30. The van der Waals surface area contributed by atoms with Gasteiger partial charge in [0.15, 0.2) is 12.4 Å². The molecule has 2 unspecified atom stereocenters. The minimum absolute atomic E-state index is 0.133. The predicted molar refractivity (Wildman–Crippen MR) is 269 cm³/mol. The molecule has 0 rings (SSSR count). The van der Waals surface area contributed by atoms with Crippen LogP contribution in [0.1, 0.15) is 155 Å². The van der Waals surface area contributed by atoms with Crippen LogP contribution in [-0.2, 0) is 33.3 Å². The van der Waals surface area contributed by atoms with E-state index in [1.165, 1.54) is 19.3 Å². The van der Waals surface area contributed by atoms with Gasteiger partial charge < -0.3 is 33.3 Å². The largest absolute Gasteiger partial charge is 0.545 e. The molecule has 0 radical (unpaired) electrons. The Kier molecular flexibility index (Phi) is 43.2. The van der Waals surface area contributed by atoms with Crippen molar-refractivity contribution in [3.8, 4) is 0 Å². The van der Waals surface area contributed by atoms with Crippen LogP contribution in [0, 0.1) is 0 Å². The lowest BCUT2D eigenvalue weighted by Gasteiger charge is -2.26. The van der Waals surface area contributed by atoms with Crippen LogP contribution in [0.3, 0.4) is 0 Å². The maximum absolute atomic E-state index is 12.7. The summed E-state index contributed by atoms with van der Waals surface area (Å²) in [6.07, 6.45) is 61.3. The number of likely N-dealkylation sites (N-methyl/N-ethyl adjacent to an activating group) is 1. The van der Waals surface area contributed by atoms with Crippen molar-refractivity contribution < 1.29 is 42.9 Å². The summed E-state index contributed by atoms with van der Waals surface area (Å²) >= 11 is 0. The van der Waals surface area contributed by atoms with Gasteiger partial charge in [0.05, 0.1) is 40.3 Å². The van der Waals surface area contributed by atoms with E-state index in [1.54, 1.807) is 0 Å². The second-order valence-corrected chi connectivity index (χ2v) is 17.0. The Bertz CT molecular complexity index is 1470. The molecule has 0 aromatic rings. The first kappa shape index (κ1) is 60.7. The monoisotopic (exact) mass is 904 g/mol. The van der Waals surface area contributed by atoms with E-state index in [-0.39, 0.29) is 38.6 Å². The number of unbranched alkanes of at least 4 members (excludes halogenated alkanes) is 8. The molecule has 65 heavy (non-hydrogen) atoms. The summed E-state index contributed by atoms with van der Waals surface area (Å²) in [5.74, 6) is -2.37. The first-order valence-electron chi connectivity index (χ1n) is 24.7. The van der Waals surface area contributed by atoms with Gasteiger partial charge in [-0.25, -0.2) is 0 Å². The van der Waals surface area contributed by atoms with Crippen LogP contribution in [0.2, 0.25) is 0 Å². The summed E-state index contributed by atoms with van der Waals surface area (Å²) in [6.45, 7) is 4.48. The predicted octanol–water partition coefficient (Wildman–Crippen LogP) is 12.4. The molecule has 2 atom stereocenters. The Morgan fingerprint density at radius 2 is 0.877 bits per heavy atom. The summed E-state index contributed by atoms with van der Waals surface area (Å²) in [5, 5.41) is 11.7. The number of quaternary nitrogens is 1. The number of allylic oxidation sites excluding steroid dienone is 20. The molecule has 0 aliphatic rings. The van der Waals surface area contributed by atoms with Crippen molar-refractivity contribution in [2.45, 2.75) is 167 Å². The molecule has 0 N–H and O–H groups in total. The lowest BCUT2D eigenvalue weighted by molar-refractivity contribution is -0.870. The zero-order valence-corrected chi connectivity index (χ0v) is 41.3. The van der Waals surface area contributed by atoms with Gasteiger partial charge in [-0.3, -0.25) is 9.59 Å². The normalized spacial score (nSPS) is 13.9. The van der Waals surface area contributed by atoms with Crippen molar-refractivity contribution in [2.75, 3.05) is 47.5 Å². The van der Waals surface area contributed by atoms with Crippen molar-refractivity contribution in [3.05, 3.63) is 122 Å². The van der Waals surface area contributed by atoms with Gasteiger partial charge >= 0.3 is 11.9 Å². The van der Waals surface area contributed by atoms with Crippen LogP contribution < -0.4 is 5.11 Å². The second kappa shape index (κ2) is 46.2. The highest BCUT2D eigenvalue weighted by Gasteiger charge is 2.21. The molecule has 0 bridgehead atoms. The average molecular weight is 904 g/mol. The van der Waals surface area contributed by atoms with Crippen LogP contribution >= 0.6 is 0 Å². The highest BCUT2D eigenvalue weighted by atomic mass is 16.7. The van der Waals surface area contributed by atoms with Gasteiger partial charge in [0.1, 0.15) is 13.2 Å². The molecule has 0 aromatic carbocycles. The number of hydrogen-bond donors (Lipinski definition) is 0. The van der Waals surface area contributed by atoms with Crippen molar-refractivity contribution in [2.24, 2.45) is 0 Å². The van der Waals surface area contributed by atoms with E-state index in [0.717, 1.165) is 103 Å². The van der Waals surface area contributed by atoms with Crippen molar-refractivity contribution in [1.29, 1.82) is 0 Å². The van der Waals surface area contributed by atoms with Crippen LogP contribution in [0.15, 0.2) is 122 Å². The molecular weight excluding hydrogens is 815 g/mol. The summed E-state index contributed by atoms with van der Waals surface area (Å²) in [7, 11) is 5.87. The van der Waals surface area contributed by atoms with Gasteiger partial charge in [-0.1, -0.05) is 174 Å².